The average molecular weight is 463 g/mol. The molecule has 0 amide bonds. The normalized spacial score (nSPS) is 17.2. The molecule has 0 radical (unpaired) electrons. The summed E-state index contributed by atoms with van der Waals surface area (Å²) in [7, 11) is 1.54. The number of nitrogens with zero attached hydrogens (tertiary/aromatic N) is 5. The summed E-state index contributed by atoms with van der Waals surface area (Å²) in [6.45, 7) is 8.64. The largest absolute Gasteiger partial charge is 0.493 e. The van der Waals surface area contributed by atoms with Gasteiger partial charge in [0, 0.05) is 49.5 Å². The molecule has 5 rings (SSSR count). The third kappa shape index (κ3) is 4.04. The Balaban J connectivity index is 1.40. The molecule has 3 aromatic rings. The number of methoxy groups -OCH3 is 1. The number of rotatable bonds is 6. The topological polar surface area (TPSA) is 112 Å². The minimum absolute atomic E-state index is 0.114. The third-order valence-corrected chi connectivity index (χ3v) is 7.21. The minimum Gasteiger partial charge on any atom is -0.493 e. The second-order valence-electron chi connectivity index (χ2n) is 9.58. The van der Waals surface area contributed by atoms with Crippen LogP contribution in [0.3, 0.4) is 0 Å². The van der Waals surface area contributed by atoms with Crippen molar-refractivity contribution in [1.82, 2.24) is 24.8 Å². The molecular weight excluding hydrogens is 428 g/mol. The summed E-state index contributed by atoms with van der Waals surface area (Å²) in [6, 6.07) is 6.85. The second kappa shape index (κ2) is 9.13. The van der Waals surface area contributed by atoms with Crippen LogP contribution in [0.5, 0.6) is 5.75 Å². The smallest absolute Gasteiger partial charge is 0.186 e. The highest BCUT2D eigenvalue weighted by molar-refractivity contribution is 5.74. The first-order chi connectivity index (χ1) is 16.5. The van der Waals surface area contributed by atoms with Crippen molar-refractivity contribution in [2.24, 2.45) is 0 Å². The number of H-pyrrole nitrogens is 1. The van der Waals surface area contributed by atoms with Crippen LogP contribution in [0.15, 0.2) is 30.6 Å². The van der Waals surface area contributed by atoms with Gasteiger partial charge in [0.1, 0.15) is 5.69 Å². The third-order valence-electron chi connectivity index (χ3n) is 7.21. The fourth-order valence-electron chi connectivity index (χ4n) is 5.02. The van der Waals surface area contributed by atoms with Gasteiger partial charge in [-0.1, -0.05) is 20.3 Å². The molecule has 2 aliphatic rings. The van der Waals surface area contributed by atoms with Gasteiger partial charge in [0.25, 0.3) is 0 Å². The Kier molecular flexibility index (Phi) is 6.03. The fourth-order valence-corrected chi connectivity index (χ4v) is 5.02. The van der Waals surface area contributed by atoms with Crippen molar-refractivity contribution in [3.05, 3.63) is 41.6 Å². The Morgan fingerprint density at radius 1 is 1.18 bits per heavy atom. The minimum atomic E-state index is 0.114. The standard InChI is InChI=1S/C25H34N8O/c1-16(2)22-23(17-13-21(34-3)25(26)33(27)15-17)29-30-24(22)20-8-7-19(14-28-20)32-11-9-31(10-12-32)18-5-4-6-18/h7-8,13-16,18,26H,4-6,9-12,27H2,1-3H3,(H,29,30). The van der Waals surface area contributed by atoms with Gasteiger partial charge in [0.05, 0.1) is 30.4 Å². The Morgan fingerprint density at radius 2 is 1.94 bits per heavy atom. The van der Waals surface area contributed by atoms with Crippen molar-refractivity contribution >= 4 is 5.69 Å². The van der Waals surface area contributed by atoms with Crippen LogP contribution < -0.4 is 21.0 Å². The monoisotopic (exact) mass is 462 g/mol. The van der Waals surface area contributed by atoms with E-state index in [9.17, 15) is 0 Å². The molecule has 0 atom stereocenters. The highest BCUT2D eigenvalue weighted by Crippen LogP contribution is 2.35. The molecule has 4 N–H and O–H groups in total. The Labute approximate surface area is 200 Å². The molecular formula is C25H34N8O. The highest BCUT2D eigenvalue weighted by atomic mass is 16.5. The Morgan fingerprint density at radius 3 is 2.53 bits per heavy atom. The van der Waals surface area contributed by atoms with E-state index in [1.54, 1.807) is 6.20 Å². The van der Waals surface area contributed by atoms with Crippen molar-refractivity contribution in [1.29, 1.82) is 5.41 Å². The summed E-state index contributed by atoms with van der Waals surface area (Å²) in [5.74, 6) is 6.61. The predicted molar refractivity (Wildman–Crippen MR) is 133 cm³/mol. The van der Waals surface area contributed by atoms with Gasteiger partial charge < -0.3 is 15.5 Å². The van der Waals surface area contributed by atoms with Crippen LogP contribution >= 0.6 is 0 Å². The first-order valence-corrected chi connectivity index (χ1v) is 12.1. The number of nitrogen functional groups attached to an aromatic ring is 1. The summed E-state index contributed by atoms with van der Waals surface area (Å²) in [4.78, 5) is 9.88. The van der Waals surface area contributed by atoms with Gasteiger partial charge in [-0.05, 0) is 37.0 Å². The fraction of sp³-hybridized carbons (Fsp3) is 0.480. The molecule has 180 valence electrons. The van der Waals surface area contributed by atoms with Gasteiger partial charge in [-0.3, -0.25) is 20.4 Å². The quantitative estimate of drug-likeness (QED) is 0.486. The zero-order valence-electron chi connectivity index (χ0n) is 20.2. The second-order valence-corrected chi connectivity index (χ2v) is 9.58. The number of pyridine rings is 2. The first-order valence-electron chi connectivity index (χ1n) is 12.1. The highest BCUT2D eigenvalue weighted by Gasteiger charge is 2.28. The van der Waals surface area contributed by atoms with Gasteiger partial charge in [0.15, 0.2) is 11.2 Å². The number of aromatic nitrogens is 4. The summed E-state index contributed by atoms with van der Waals surface area (Å²) in [5.41, 5.74) is 5.70. The SMILES string of the molecule is COc1cc(-c2[nH]nc(-c3ccc(N4CCN(C5CCC5)CC4)cn3)c2C(C)C)cn(N)c1=N. The molecule has 1 saturated heterocycles. The maximum Gasteiger partial charge on any atom is 0.186 e. The molecule has 3 aromatic heterocycles. The van der Waals surface area contributed by atoms with E-state index in [1.165, 1.54) is 36.7 Å². The molecule has 9 nitrogen and oxygen atoms in total. The van der Waals surface area contributed by atoms with E-state index in [2.05, 4.69) is 46.0 Å². The molecule has 0 bridgehead atoms. The zero-order valence-corrected chi connectivity index (χ0v) is 20.2. The van der Waals surface area contributed by atoms with Crippen LogP contribution in [0.25, 0.3) is 22.6 Å². The molecule has 9 heteroatoms. The van der Waals surface area contributed by atoms with Crippen molar-refractivity contribution in [2.45, 2.75) is 45.1 Å². The van der Waals surface area contributed by atoms with Gasteiger partial charge >= 0.3 is 0 Å². The van der Waals surface area contributed by atoms with E-state index in [0.29, 0.717) is 5.75 Å². The number of hydrogen-bond donors (Lipinski definition) is 3. The van der Waals surface area contributed by atoms with Crippen molar-refractivity contribution < 1.29 is 4.74 Å². The van der Waals surface area contributed by atoms with Gasteiger partial charge in [-0.25, -0.2) is 4.68 Å². The zero-order chi connectivity index (χ0) is 23.8. The number of anilines is 1. The lowest BCUT2D eigenvalue weighted by Crippen LogP contribution is -2.52. The van der Waals surface area contributed by atoms with Crippen LogP contribution in [0, 0.1) is 5.41 Å². The van der Waals surface area contributed by atoms with Gasteiger partial charge in [0.2, 0.25) is 0 Å². The molecule has 34 heavy (non-hydrogen) atoms. The van der Waals surface area contributed by atoms with Crippen molar-refractivity contribution in [2.75, 3.05) is 44.0 Å². The number of nitrogens with one attached hydrogen (secondary N) is 2. The molecule has 1 aliphatic heterocycles. The number of aromatic amines is 1. The Hall–Kier alpha value is -3.33. The van der Waals surface area contributed by atoms with E-state index in [0.717, 1.165) is 60.4 Å². The van der Waals surface area contributed by atoms with Crippen molar-refractivity contribution in [3.8, 4) is 28.4 Å². The van der Waals surface area contributed by atoms with Gasteiger partial charge in [-0.2, -0.15) is 5.10 Å². The maximum absolute atomic E-state index is 8.05. The van der Waals surface area contributed by atoms with E-state index < -0.39 is 0 Å². The molecule has 0 unspecified atom stereocenters. The van der Waals surface area contributed by atoms with E-state index >= 15 is 0 Å². The molecule has 1 aliphatic carbocycles. The predicted octanol–water partition coefficient (Wildman–Crippen LogP) is 2.94. The number of piperazine rings is 1. The van der Waals surface area contributed by atoms with Crippen LogP contribution in [-0.4, -0.2) is 64.1 Å². The number of hydrogen-bond acceptors (Lipinski definition) is 7. The van der Waals surface area contributed by atoms with E-state index in [4.69, 9.17) is 21.0 Å². The van der Waals surface area contributed by atoms with E-state index in [-0.39, 0.29) is 11.4 Å². The lowest BCUT2D eigenvalue weighted by Gasteiger charge is -2.43. The lowest BCUT2D eigenvalue weighted by atomic mass is 9.91. The first kappa shape index (κ1) is 22.5. The van der Waals surface area contributed by atoms with E-state index in [1.807, 2.05) is 12.3 Å². The number of ether oxygens (including phenoxy) is 1. The number of nitrogens with two attached hydrogens (primary N) is 1. The van der Waals surface area contributed by atoms with Crippen LogP contribution in [0.1, 0.15) is 44.6 Å². The molecule has 2 fully saturated rings. The molecule has 0 aromatic carbocycles. The summed E-state index contributed by atoms with van der Waals surface area (Å²) < 4.78 is 6.60. The molecule has 1 saturated carbocycles. The summed E-state index contributed by atoms with van der Waals surface area (Å²) >= 11 is 0. The summed E-state index contributed by atoms with van der Waals surface area (Å²) in [5, 5.41) is 15.9. The maximum atomic E-state index is 8.05. The lowest BCUT2D eigenvalue weighted by molar-refractivity contribution is 0.120. The van der Waals surface area contributed by atoms with Crippen LogP contribution in [0.4, 0.5) is 5.69 Å². The van der Waals surface area contributed by atoms with Crippen LogP contribution in [0.2, 0.25) is 0 Å². The van der Waals surface area contributed by atoms with Gasteiger partial charge in [-0.15, -0.1) is 0 Å². The van der Waals surface area contributed by atoms with Crippen LogP contribution in [-0.2, 0) is 0 Å². The van der Waals surface area contributed by atoms with Crippen molar-refractivity contribution in [3.63, 3.8) is 0 Å². The molecule has 0 spiro atoms. The molecule has 4 heterocycles. The Bertz CT molecular complexity index is 1200. The summed E-state index contributed by atoms with van der Waals surface area (Å²) in [6.07, 6.45) is 7.81. The average Bonchev–Trinajstić information content (AvgIpc) is 3.26.